The van der Waals surface area contributed by atoms with Gasteiger partial charge in [-0.3, -0.25) is 14.4 Å². The van der Waals surface area contributed by atoms with Crippen molar-refractivity contribution in [1.29, 1.82) is 5.26 Å². The Kier molecular flexibility index (Phi) is 5.93. The lowest BCUT2D eigenvalue weighted by molar-refractivity contribution is -0.138. The standard InChI is InChI=1S/C30H32N8O/c31-11-10-30(38-17-24(16-35-38)27-26-7-12-32-28(26)34-20-33-27)18-37(19-30)25-8-13-36(14-9-25)29(39)23-6-5-21-3-1-2-4-22(21)15-23/h1-4,7,12,16-17,20,23,25H,5-6,8-10,13-15,18-19H2,(H,32,33,34). The number of benzene rings is 1. The van der Waals surface area contributed by atoms with Gasteiger partial charge in [0.05, 0.1) is 24.4 Å². The summed E-state index contributed by atoms with van der Waals surface area (Å²) in [5.41, 5.74) is 4.97. The fourth-order valence-electron chi connectivity index (χ4n) is 6.88. The SMILES string of the molecule is N#CCC1(n2cc(-c3ncnc4[nH]ccc34)cn2)CN(C2CCN(C(=O)C3CCc4ccccc4C3)CC2)C1. The van der Waals surface area contributed by atoms with Gasteiger partial charge in [0.1, 0.15) is 17.5 Å². The first-order valence-electron chi connectivity index (χ1n) is 13.9. The molecule has 2 aliphatic heterocycles. The number of nitrogens with one attached hydrogen (secondary N) is 1. The zero-order valence-corrected chi connectivity index (χ0v) is 22.0. The number of amides is 1. The van der Waals surface area contributed by atoms with Gasteiger partial charge in [0, 0.05) is 61.5 Å². The molecule has 39 heavy (non-hydrogen) atoms. The molecule has 4 aromatic rings. The van der Waals surface area contributed by atoms with E-state index in [1.165, 1.54) is 11.1 Å². The van der Waals surface area contributed by atoms with E-state index < -0.39 is 0 Å². The maximum atomic E-state index is 13.3. The van der Waals surface area contributed by atoms with Gasteiger partial charge in [0.2, 0.25) is 5.91 Å². The van der Waals surface area contributed by atoms with Crippen LogP contribution in [0.4, 0.5) is 0 Å². The number of aromatic amines is 1. The maximum absolute atomic E-state index is 13.3. The summed E-state index contributed by atoms with van der Waals surface area (Å²) in [6.45, 7) is 3.22. The number of carbonyl (C=O) groups excluding carboxylic acids is 1. The van der Waals surface area contributed by atoms with E-state index in [-0.39, 0.29) is 11.5 Å². The minimum absolute atomic E-state index is 0.111. The Labute approximate surface area is 227 Å². The molecule has 2 fully saturated rings. The lowest BCUT2D eigenvalue weighted by atomic mass is 9.82. The summed E-state index contributed by atoms with van der Waals surface area (Å²) in [5, 5.41) is 15.3. The first-order valence-corrected chi connectivity index (χ1v) is 13.9. The molecule has 0 bridgehead atoms. The van der Waals surface area contributed by atoms with Gasteiger partial charge in [0.15, 0.2) is 0 Å². The Morgan fingerprint density at radius 3 is 2.74 bits per heavy atom. The average Bonchev–Trinajstić information content (AvgIpc) is 3.65. The number of rotatable bonds is 5. The van der Waals surface area contributed by atoms with Crippen LogP contribution in [0.2, 0.25) is 0 Å². The van der Waals surface area contributed by atoms with Crippen LogP contribution in [0.3, 0.4) is 0 Å². The number of H-pyrrole nitrogens is 1. The van der Waals surface area contributed by atoms with Crippen molar-refractivity contribution in [2.24, 2.45) is 5.92 Å². The summed E-state index contributed by atoms with van der Waals surface area (Å²) in [4.78, 5) is 29.8. The number of carbonyl (C=O) groups is 1. The van der Waals surface area contributed by atoms with Crippen molar-refractivity contribution >= 4 is 16.9 Å². The lowest BCUT2D eigenvalue weighted by Crippen LogP contribution is -2.66. The highest BCUT2D eigenvalue weighted by Gasteiger charge is 2.48. The van der Waals surface area contributed by atoms with Crippen molar-refractivity contribution in [3.05, 3.63) is 66.4 Å². The van der Waals surface area contributed by atoms with Crippen LogP contribution in [0.25, 0.3) is 22.3 Å². The summed E-state index contributed by atoms with van der Waals surface area (Å²) in [7, 11) is 0. The quantitative estimate of drug-likeness (QED) is 0.431. The number of piperidine rings is 1. The zero-order chi connectivity index (χ0) is 26.4. The molecule has 9 heteroatoms. The fraction of sp³-hybridized carbons (Fsp3) is 0.433. The molecule has 0 spiro atoms. The summed E-state index contributed by atoms with van der Waals surface area (Å²) >= 11 is 0. The summed E-state index contributed by atoms with van der Waals surface area (Å²) in [6, 6.07) is 13.4. The van der Waals surface area contributed by atoms with Crippen molar-refractivity contribution in [2.45, 2.75) is 50.1 Å². The van der Waals surface area contributed by atoms with Crippen molar-refractivity contribution in [3.63, 3.8) is 0 Å². The molecule has 1 amide bonds. The number of aryl methyl sites for hydroxylation is 1. The molecule has 1 aromatic carbocycles. The van der Waals surface area contributed by atoms with Crippen molar-refractivity contribution in [3.8, 4) is 17.3 Å². The second-order valence-corrected chi connectivity index (χ2v) is 11.4. The van der Waals surface area contributed by atoms with Gasteiger partial charge in [-0.25, -0.2) is 9.97 Å². The van der Waals surface area contributed by atoms with Crippen LogP contribution in [0.1, 0.15) is 36.8 Å². The Morgan fingerprint density at radius 2 is 1.92 bits per heavy atom. The molecular formula is C30H32N8O. The smallest absolute Gasteiger partial charge is 0.226 e. The molecule has 9 nitrogen and oxygen atoms in total. The van der Waals surface area contributed by atoms with E-state index in [0.29, 0.717) is 18.4 Å². The number of hydrogen-bond acceptors (Lipinski definition) is 6. The third kappa shape index (κ3) is 4.20. The van der Waals surface area contributed by atoms with Crippen LogP contribution in [-0.4, -0.2) is 72.7 Å². The number of hydrogen-bond donors (Lipinski definition) is 1. The number of nitriles is 1. The molecule has 0 saturated carbocycles. The second-order valence-electron chi connectivity index (χ2n) is 11.4. The average molecular weight is 521 g/mol. The van der Waals surface area contributed by atoms with E-state index >= 15 is 0 Å². The molecule has 3 aromatic heterocycles. The van der Waals surface area contributed by atoms with Gasteiger partial charge in [-0.15, -0.1) is 0 Å². The van der Waals surface area contributed by atoms with Crippen molar-refractivity contribution in [2.75, 3.05) is 26.2 Å². The number of nitrogens with zero attached hydrogens (tertiary/aromatic N) is 7. The number of aromatic nitrogens is 5. The third-order valence-electron chi connectivity index (χ3n) is 9.09. The van der Waals surface area contributed by atoms with Crippen LogP contribution < -0.4 is 0 Å². The van der Waals surface area contributed by atoms with E-state index in [4.69, 9.17) is 5.10 Å². The Bertz CT molecular complexity index is 1550. The molecule has 7 rings (SSSR count). The predicted octanol–water partition coefficient (Wildman–Crippen LogP) is 3.54. The maximum Gasteiger partial charge on any atom is 0.226 e. The van der Waals surface area contributed by atoms with Gasteiger partial charge in [-0.2, -0.15) is 10.4 Å². The largest absolute Gasteiger partial charge is 0.346 e. The minimum Gasteiger partial charge on any atom is -0.346 e. The highest BCUT2D eigenvalue weighted by Crippen LogP contribution is 2.37. The van der Waals surface area contributed by atoms with Crippen LogP contribution in [0.15, 0.2) is 55.2 Å². The first kappa shape index (κ1) is 24.0. The molecule has 1 unspecified atom stereocenters. The lowest BCUT2D eigenvalue weighted by Gasteiger charge is -2.53. The Morgan fingerprint density at radius 1 is 1.10 bits per heavy atom. The fourth-order valence-corrected chi connectivity index (χ4v) is 6.88. The molecular weight excluding hydrogens is 488 g/mol. The number of likely N-dealkylation sites (tertiary alicyclic amines) is 2. The van der Waals surface area contributed by atoms with E-state index in [2.05, 4.69) is 55.1 Å². The van der Waals surface area contributed by atoms with E-state index in [1.54, 1.807) is 6.33 Å². The molecule has 2 saturated heterocycles. The van der Waals surface area contributed by atoms with Crippen molar-refractivity contribution < 1.29 is 4.79 Å². The van der Waals surface area contributed by atoms with Gasteiger partial charge >= 0.3 is 0 Å². The highest BCUT2D eigenvalue weighted by molar-refractivity contribution is 5.90. The Balaban J connectivity index is 0.988. The monoisotopic (exact) mass is 520 g/mol. The minimum atomic E-state index is -0.334. The molecule has 3 aliphatic rings. The van der Waals surface area contributed by atoms with E-state index in [1.807, 2.05) is 29.3 Å². The van der Waals surface area contributed by atoms with Crippen LogP contribution in [-0.2, 0) is 23.2 Å². The summed E-state index contributed by atoms with van der Waals surface area (Å²) in [6.07, 6.45) is 12.5. The molecule has 1 atom stereocenters. The molecule has 0 radical (unpaired) electrons. The highest BCUT2D eigenvalue weighted by atomic mass is 16.2. The second kappa shape index (κ2) is 9.62. The predicted molar refractivity (Wildman–Crippen MR) is 146 cm³/mol. The molecule has 5 heterocycles. The normalized spacial score (nSPS) is 21.3. The summed E-state index contributed by atoms with van der Waals surface area (Å²) < 4.78 is 1.97. The summed E-state index contributed by atoms with van der Waals surface area (Å²) in [5.74, 6) is 0.441. The third-order valence-corrected chi connectivity index (χ3v) is 9.09. The van der Waals surface area contributed by atoms with Gasteiger partial charge in [-0.1, -0.05) is 24.3 Å². The molecule has 1 N–H and O–H groups in total. The van der Waals surface area contributed by atoms with Crippen LogP contribution in [0, 0.1) is 17.2 Å². The topological polar surface area (TPSA) is 107 Å². The van der Waals surface area contributed by atoms with Crippen LogP contribution >= 0.6 is 0 Å². The van der Waals surface area contributed by atoms with E-state index in [9.17, 15) is 10.1 Å². The van der Waals surface area contributed by atoms with Crippen LogP contribution in [0.5, 0.6) is 0 Å². The Hall–Kier alpha value is -4.03. The van der Waals surface area contributed by atoms with Gasteiger partial charge in [-0.05, 0) is 49.3 Å². The number of fused-ring (bicyclic) bond motifs is 2. The molecule has 198 valence electrons. The molecule has 1 aliphatic carbocycles. The van der Waals surface area contributed by atoms with Crippen molar-refractivity contribution in [1.82, 2.24) is 34.5 Å². The van der Waals surface area contributed by atoms with Gasteiger partial charge in [0.25, 0.3) is 0 Å². The van der Waals surface area contributed by atoms with Gasteiger partial charge < -0.3 is 9.88 Å². The van der Waals surface area contributed by atoms with E-state index in [0.717, 1.165) is 80.6 Å². The first-order chi connectivity index (χ1) is 19.1. The zero-order valence-electron chi connectivity index (χ0n) is 22.0.